The predicted molar refractivity (Wildman–Crippen MR) is 56.0 cm³/mol. The summed E-state index contributed by atoms with van der Waals surface area (Å²) in [5, 5.41) is 0. The highest BCUT2D eigenvalue weighted by molar-refractivity contribution is 4.98. The van der Waals surface area contributed by atoms with Crippen LogP contribution in [0.4, 0.5) is 0 Å². The Morgan fingerprint density at radius 1 is 1.31 bits per heavy atom. The number of rotatable bonds is 1. The zero-order valence-electron chi connectivity index (χ0n) is 9.85. The molecular formula is C11H23NO. The molecule has 0 unspecified atom stereocenters. The first-order valence-electron chi connectivity index (χ1n) is 5.08. The zero-order valence-corrected chi connectivity index (χ0v) is 9.85. The molecule has 1 aliphatic heterocycles. The van der Waals surface area contributed by atoms with Crippen LogP contribution in [0.3, 0.4) is 0 Å². The van der Waals surface area contributed by atoms with Crippen LogP contribution >= 0.6 is 0 Å². The normalized spacial score (nSPS) is 29.5. The van der Waals surface area contributed by atoms with E-state index in [1.165, 1.54) is 0 Å². The van der Waals surface area contributed by atoms with E-state index in [1.54, 1.807) is 0 Å². The van der Waals surface area contributed by atoms with E-state index in [4.69, 9.17) is 4.74 Å². The van der Waals surface area contributed by atoms with E-state index in [0.717, 1.165) is 13.0 Å². The molecule has 0 aliphatic carbocycles. The largest absolute Gasteiger partial charge is 0.380 e. The third-order valence-electron chi connectivity index (χ3n) is 2.99. The van der Waals surface area contributed by atoms with Gasteiger partial charge >= 0.3 is 0 Å². The Labute approximate surface area is 82.3 Å². The highest BCUT2D eigenvalue weighted by atomic mass is 16.5. The molecule has 1 fully saturated rings. The van der Waals surface area contributed by atoms with Gasteiger partial charge in [0, 0.05) is 24.7 Å². The second-order valence-corrected chi connectivity index (χ2v) is 5.66. The fourth-order valence-corrected chi connectivity index (χ4v) is 2.52. The van der Waals surface area contributed by atoms with Crippen molar-refractivity contribution in [1.82, 2.24) is 4.90 Å². The molecule has 0 bridgehead atoms. The van der Waals surface area contributed by atoms with Gasteiger partial charge in [-0.3, -0.25) is 4.90 Å². The molecule has 1 heterocycles. The number of hydrogen-bond acceptors (Lipinski definition) is 2. The van der Waals surface area contributed by atoms with Gasteiger partial charge in [-0.05, 0) is 41.0 Å². The lowest BCUT2D eigenvalue weighted by atomic mass is 9.96. The Bertz CT molecular complexity index is 181. The molecule has 2 nitrogen and oxygen atoms in total. The van der Waals surface area contributed by atoms with Gasteiger partial charge in [-0.1, -0.05) is 0 Å². The molecule has 1 atom stereocenters. The summed E-state index contributed by atoms with van der Waals surface area (Å²) < 4.78 is 5.43. The maximum atomic E-state index is 5.43. The summed E-state index contributed by atoms with van der Waals surface area (Å²) in [5.74, 6) is 0. The summed E-state index contributed by atoms with van der Waals surface area (Å²) in [6.45, 7) is 12.5. The van der Waals surface area contributed by atoms with E-state index < -0.39 is 0 Å². The summed E-state index contributed by atoms with van der Waals surface area (Å²) in [5.41, 5.74) is 0.524. The lowest BCUT2D eigenvalue weighted by Crippen LogP contribution is -2.50. The third-order valence-corrected chi connectivity index (χ3v) is 2.99. The van der Waals surface area contributed by atoms with E-state index in [0.29, 0.717) is 6.10 Å². The summed E-state index contributed by atoms with van der Waals surface area (Å²) in [6.07, 6.45) is 1.55. The van der Waals surface area contributed by atoms with Crippen LogP contribution in [-0.2, 0) is 4.74 Å². The van der Waals surface area contributed by atoms with E-state index in [-0.39, 0.29) is 11.1 Å². The van der Waals surface area contributed by atoms with Crippen LogP contribution in [0.15, 0.2) is 0 Å². The molecule has 0 aromatic carbocycles. The number of hydrogen-bond donors (Lipinski definition) is 0. The minimum absolute atomic E-state index is 0.247. The first-order valence-corrected chi connectivity index (χ1v) is 5.08. The first-order chi connectivity index (χ1) is 5.77. The van der Waals surface area contributed by atoms with Crippen molar-refractivity contribution in [2.45, 2.75) is 58.2 Å². The molecule has 0 radical (unpaired) electrons. The van der Waals surface area contributed by atoms with Crippen LogP contribution in [0.1, 0.15) is 41.0 Å². The fourth-order valence-electron chi connectivity index (χ4n) is 2.52. The van der Waals surface area contributed by atoms with Gasteiger partial charge < -0.3 is 4.74 Å². The Balaban J connectivity index is 2.76. The van der Waals surface area contributed by atoms with E-state index in [2.05, 4.69) is 39.5 Å². The Morgan fingerprint density at radius 3 is 2.08 bits per heavy atom. The van der Waals surface area contributed by atoms with Gasteiger partial charge in [0.05, 0.1) is 6.10 Å². The molecule has 1 aliphatic rings. The first kappa shape index (κ1) is 11.0. The van der Waals surface area contributed by atoms with Gasteiger partial charge in [0.25, 0.3) is 0 Å². The molecule has 0 spiro atoms. The SMILES string of the molecule is CO[C@@H]1CN(C(C)(C)C)C(C)(C)C1. The summed E-state index contributed by atoms with van der Waals surface area (Å²) in [7, 11) is 1.81. The topological polar surface area (TPSA) is 12.5 Å². The fraction of sp³-hybridized carbons (Fsp3) is 1.00. The van der Waals surface area contributed by atoms with Crippen LogP contribution < -0.4 is 0 Å². The molecule has 1 rings (SSSR count). The van der Waals surface area contributed by atoms with Crippen molar-refractivity contribution in [2.24, 2.45) is 0 Å². The highest BCUT2D eigenvalue weighted by Crippen LogP contribution is 2.35. The molecule has 0 amide bonds. The maximum Gasteiger partial charge on any atom is 0.0716 e. The van der Waals surface area contributed by atoms with Crippen LogP contribution in [0.5, 0.6) is 0 Å². The number of nitrogens with zero attached hydrogens (tertiary/aromatic N) is 1. The molecule has 0 N–H and O–H groups in total. The van der Waals surface area contributed by atoms with Crippen molar-refractivity contribution >= 4 is 0 Å². The molecule has 0 saturated carbocycles. The minimum atomic E-state index is 0.247. The molecule has 0 aromatic rings. The molecule has 13 heavy (non-hydrogen) atoms. The lowest BCUT2D eigenvalue weighted by molar-refractivity contribution is 0.0580. The van der Waals surface area contributed by atoms with Gasteiger partial charge in [0.2, 0.25) is 0 Å². The average molecular weight is 185 g/mol. The Hall–Kier alpha value is -0.0800. The molecular weight excluding hydrogens is 162 g/mol. The summed E-state index contributed by atoms with van der Waals surface area (Å²) in [6, 6.07) is 0. The average Bonchev–Trinajstić information content (AvgIpc) is 2.24. The second kappa shape index (κ2) is 3.25. The summed E-state index contributed by atoms with van der Waals surface area (Å²) >= 11 is 0. The van der Waals surface area contributed by atoms with Crippen molar-refractivity contribution in [3.05, 3.63) is 0 Å². The Kier molecular flexibility index (Phi) is 2.75. The smallest absolute Gasteiger partial charge is 0.0716 e. The number of likely N-dealkylation sites (tertiary alicyclic amines) is 1. The van der Waals surface area contributed by atoms with Crippen molar-refractivity contribution in [2.75, 3.05) is 13.7 Å². The van der Waals surface area contributed by atoms with Gasteiger partial charge in [-0.25, -0.2) is 0 Å². The molecule has 0 aromatic heterocycles. The van der Waals surface area contributed by atoms with E-state index in [9.17, 15) is 0 Å². The maximum absolute atomic E-state index is 5.43. The van der Waals surface area contributed by atoms with Gasteiger partial charge in [0.15, 0.2) is 0 Å². The van der Waals surface area contributed by atoms with Crippen molar-refractivity contribution in [3.8, 4) is 0 Å². The van der Waals surface area contributed by atoms with Gasteiger partial charge in [-0.2, -0.15) is 0 Å². The number of methoxy groups -OCH3 is 1. The molecule has 78 valence electrons. The molecule has 2 heteroatoms. The van der Waals surface area contributed by atoms with Crippen LogP contribution in [-0.4, -0.2) is 35.7 Å². The van der Waals surface area contributed by atoms with Crippen molar-refractivity contribution < 1.29 is 4.74 Å². The standard InChI is InChI=1S/C11H23NO/c1-10(2,3)12-8-9(13-6)7-11(12,4)5/h9H,7-8H2,1-6H3/t9-/m0/s1. The van der Waals surface area contributed by atoms with Crippen molar-refractivity contribution in [3.63, 3.8) is 0 Å². The zero-order chi connectivity index (χ0) is 10.3. The van der Waals surface area contributed by atoms with Crippen LogP contribution in [0.2, 0.25) is 0 Å². The molecule has 1 saturated heterocycles. The third kappa shape index (κ3) is 2.23. The van der Waals surface area contributed by atoms with Crippen molar-refractivity contribution in [1.29, 1.82) is 0 Å². The quantitative estimate of drug-likeness (QED) is 0.621. The minimum Gasteiger partial charge on any atom is -0.380 e. The van der Waals surface area contributed by atoms with E-state index in [1.807, 2.05) is 7.11 Å². The van der Waals surface area contributed by atoms with Gasteiger partial charge in [0.1, 0.15) is 0 Å². The Morgan fingerprint density at radius 2 is 1.85 bits per heavy atom. The number of ether oxygens (including phenoxy) is 1. The van der Waals surface area contributed by atoms with Gasteiger partial charge in [-0.15, -0.1) is 0 Å². The second-order valence-electron chi connectivity index (χ2n) is 5.66. The van der Waals surface area contributed by atoms with E-state index >= 15 is 0 Å². The monoisotopic (exact) mass is 185 g/mol. The predicted octanol–water partition coefficient (Wildman–Crippen LogP) is 2.28. The summed E-state index contributed by atoms with van der Waals surface area (Å²) in [4.78, 5) is 2.54. The van der Waals surface area contributed by atoms with Crippen LogP contribution in [0, 0.1) is 0 Å². The highest BCUT2D eigenvalue weighted by Gasteiger charge is 2.43. The van der Waals surface area contributed by atoms with Crippen LogP contribution in [0.25, 0.3) is 0 Å². The lowest BCUT2D eigenvalue weighted by Gasteiger charge is -2.41.